The number of carbonyl (C=O) groups is 2. The normalized spacial score (nSPS) is 10.6. The average molecular weight is 469 g/mol. The summed E-state index contributed by atoms with van der Waals surface area (Å²) < 4.78 is 10.6. The lowest BCUT2D eigenvalue weighted by Crippen LogP contribution is -2.30. The molecular weight excluding hydrogens is 440 g/mol. The Kier molecular flexibility index (Phi) is 7.63. The molecule has 0 aliphatic carbocycles. The van der Waals surface area contributed by atoms with E-state index in [1.54, 1.807) is 54.5 Å². The third-order valence-electron chi connectivity index (χ3n) is 5.75. The number of ether oxygens (including phenoxy) is 1. The molecule has 1 heterocycles. The average Bonchev–Trinajstić information content (AvgIpc) is 3.41. The van der Waals surface area contributed by atoms with Crippen molar-refractivity contribution in [1.82, 2.24) is 4.90 Å². The van der Waals surface area contributed by atoms with Gasteiger partial charge in [-0.25, -0.2) is 0 Å². The van der Waals surface area contributed by atoms with Crippen molar-refractivity contribution in [1.29, 1.82) is 0 Å². The lowest BCUT2D eigenvalue weighted by Gasteiger charge is -2.24. The minimum atomic E-state index is -0.130. The third-order valence-corrected chi connectivity index (χ3v) is 5.75. The van der Waals surface area contributed by atoms with Crippen LogP contribution >= 0.6 is 0 Å². The van der Waals surface area contributed by atoms with Gasteiger partial charge in [0.1, 0.15) is 11.5 Å². The van der Waals surface area contributed by atoms with E-state index in [1.807, 2.05) is 66.7 Å². The van der Waals surface area contributed by atoms with Gasteiger partial charge in [-0.1, -0.05) is 48.5 Å². The number of hydrogen-bond donors (Lipinski definition) is 0. The van der Waals surface area contributed by atoms with Crippen molar-refractivity contribution in [2.75, 3.05) is 19.1 Å². The van der Waals surface area contributed by atoms with Crippen molar-refractivity contribution in [3.63, 3.8) is 0 Å². The molecule has 0 fully saturated rings. The summed E-state index contributed by atoms with van der Waals surface area (Å²) in [5.74, 6) is 1.23. The molecule has 2 amide bonds. The number of nitrogens with zero attached hydrogens (tertiary/aromatic N) is 2. The highest BCUT2D eigenvalue weighted by molar-refractivity contribution is 6.06. The molecule has 0 saturated heterocycles. The van der Waals surface area contributed by atoms with Crippen molar-refractivity contribution < 1.29 is 18.7 Å². The van der Waals surface area contributed by atoms with E-state index in [0.29, 0.717) is 24.4 Å². The van der Waals surface area contributed by atoms with E-state index in [-0.39, 0.29) is 18.2 Å². The quantitative estimate of drug-likeness (QED) is 0.333. The van der Waals surface area contributed by atoms with Gasteiger partial charge in [0.05, 0.1) is 32.9 Å². The third kappa shape index (κ3) is 6.18. The summed E-state index contributed by atoms with van der Waals surface area (Å²) in [7, 11) is 3.34. The van der Waals surface area contributed by atoms with E-state index in [1.165, 1.54) is 0 Å². The van der Waals surface area contributed by atoms with Gasteiger partial charge in [-0.15, -0.1) is 0 Å². The van der Waals surface area contributed by atoms with Crippen LogP contribution in [0.25, 0.3) is 0 Å². The van der Waals surface area contributed by atoms with E-state index in [0.717, 1.165) is 22.6 Å². The van der Waals surface area contributed by atoms with Crippen LogP contribution < -0.4 is 9.64 Å². The van der Waals surface area contributed by atoms with Crippen LogP contribution in [-0.2, 0) is 24.3 Å². The SMILES string of the molecule is COc1cccc(C(=O)N(Cc2ccccc2)c2ccc(CC(=O)N(C)Cc3ccco3)cc2)c1. The molecule has 0 unspecified atom stereocenters. The van der Waals surface area contributed by atoms with Gasteiger partial charge >= 0.3 is 0 Å². The molecule has 0 bridgehead atoms. The smallest absolute Gasteiger partial charge is 0.258 e. The maximum atomic E-state index is 13.5. The summed E-state index contributed by atoms with van der Waals surface area (Å²) in [5.41, 5.74) is 3.18. The van der Waals surface area contributed by atoms with Gasteiger partial charge in [0.15, 0.2) is 0 Å². The highest BCUT2D eigenvalue weighted by Gasteiger charge is 2.19. The van der Waals surface area contributed by atoms with E-state index in [2.05, 4.69) is 0 Å². The predicted octanol–water partition coefficient (Wildman–Crippen LogP) is 5.34. The van der Waals surface area contributed by atoms with Crippen LogP contribution in [0.15, 0.2) is 102 Å². The van der Waals surface area contributed by atoms with Crippen LogP contribution in [0.5, 0.6) is 5.75 Å². The number of rotatable bonds is 9. The summed E-state index contributed by atoms with van der Waals surface area (Å²) in [4.78, 5) is 29.6. The number of hydrogen-bond acceptors (Lipinski definition) is 4. The maximum absolute atomic E-state index is 13.5. The Balaban J connectivity index is 1.52. The first kappa shape index (κ1) is 23.8. The molecule has 0 aliphatic heterocycles. The monoisotopic (exact) mass is 468 g/mol. The molecule has 4 rings (SSSR count). The fourth-order valence-electron chi connectivity index (χ4n) is 3.79. The largest absolute Gasteiger partial charge is 0.497 e. The lowest BCUT2D eigenvalue weighted by atomic mass is 10.1. The standard InChI is InChI=1S/C29H28N2O4/c1-30(21-27-12-7-17-35-27)28(32)18-22-13-15-25(16-14-22)31(20-23-8-4-3-5-9-23)29(33)24-10-6-11-26(19-24)34-2/h3-17,19H,18,20-21H2,1-2H3. The highest BCUT2D eigenvalue weighted by atomic mass is 16.5. The molecular formula is C29H28N2O4. The Morgan fingerprint density at radius 2 is 1.60 bits per heavy atom. The number of benzene rings is 3. The molecule has 0 spiro atoms. The van der Waals surface area contributed by atoms with Crippen LogP contribution in [0, 0.1) is 0 Å². The number of carbonyl (C=O) groups excluding carboxylic acids is 2. The molecule has 6 nitrogen and oxygen atoms in total. The van der Waals surface area contributed by atoms with Gasteiger partial charge in [0.2, 0.25) is 5.91 Å². The van der Waals surface area contributed by atoms with Gasteiger partial charge in [-0.3, -0.25) is 9.59 Å². The fraction of sp³-hybridized carbons (Fsp3) is 0.172. The molecule has 35 heavy (non-hydrogen) atoms. The Morgan fingerprint density at radius 3 is 2.29 bits per heavy atom. The molecule has 0 aliphatic rings. The van der Waals surface area contributed by atoms with Crippen LogP contribution in [-0.4, -0.2) is 30.9 Å². The zero-order chi connectivity index (χ0) is 24.6. The molecule has 4 aromatic rings. The maximum Gasteiger partial charge on any atom is 0.258 e. The predicted molar refractivity (Wildman–Crippen MR) is 135 cm³/mol. The lowest BCUT2D eigenvalue weighted by molar-refractivity contribution is -0.129. The zero-order valence-corrected chi connectivity index (χ0v) is 19.9. The Morgan fingerprint density at radius 1 is 0.829 bits per heavy atom. The molecule has 0 saturated carbocycles. The first-order chi connectivity index (χ1) is 17.0. The Hall–Kier alpha value is -4.32. The Labute approximate surface area is 205 Å². The molecule has 1 aromatic heterocycles. The van der Waals surface area contributed by atoms with Crippen LogP contribution in [0.4, 0.5) is 5.69 Å². The summed E-state index contributed by atoms with van der Waals surface area (Å²) in [6.45, 7) is 0.838. The number of anilines is 1. The zero-order valence-electron chi connectivity index (χ0n) is 19.9. The van der Waals surface area contributed by atoms with Crippen molar-refractivity contribution in [2.24, 2.45) is 0 Å². The molecule has 0 radical (unpaired) electrons. The minimum Gasteiger partial charge on any atom is -0.497 e. The number of methoxy groups -OCH3 is 1. The van der Waals surface area contributed by atoms with Crippen molar-refractivity contribution in [3.05, 3.63) is 120 Å². The molecule has 178 valence electrons. The fourth-order valence-corrected chi connectivity index (χ4v) is 3.79. The molecule has 6 heteroatoms. The van der Waals surface area contributed by atoms with Gasteiger partial charge in [0, 0.05) is 18.3 Å². The topological polar surface area (TPSA) is 63.0 Å². The van der Waals surface area contributed by atoms with E-state index >= 15 is 0 Å². The first-order valence-electron chi connectivity index (χ1n) is 11.4. The summed E-state index contributed by atoms with van der Waals surface area (Å²) in [6, 6.07) is 28.2. The Bertz CT molecular complexity index is 1250. The second-order valence-corrected chi connectivity index (χ2v) is 8.28. The highest BCUT2D eigenvalue weighted by Crippen LogP contribution is 2.23. The van der Waals surface area contributed by atoms with Crippen LogP contribution in [0.1, 0.15) is 27.2 Å². The van der Waals surface area contributed by atoms with E-state index in [9.17, 15) is 9.59 Å². The van der Waals surface area contributed by atoms with Gasteiger partial charge in [-0.2, -0.15) is 0 Å². The summed E-state index contributed by atoms with van der Waals surface area (Å²) in [5, 5.41) is 0. The van der Waals surface area contributed by atoms with Crippen molar-refractivity contribution in [2.45, 2.75) is 19.5 Å². The van der Waals surface area contributed by atoms with Gasteiger partial charge in [0.25, 0.3) is 5.91 Å². The van der Waals surface area contributed by atoms with Crippen molar-refractivity contribution >= 4 is 17.5 Å². The van der Waals surface area contributed by atoms with E-state index in [4.69, 9.17) is 9.15 Å². The second-order valence-electron chi connectivity index (χ2n) is 8.28. The van der Waals surface area contributed by atoms with Gasteiger partial charge in [-0.05, 0) is 53.6 Å². The minimum absolute atomic E-state index is 0.0113. The van der Waals surface area contributed by atoms with Crippen LogP contribution in [0.2, 0.25) is 0 Å². The molecule has 3 aromatic carbocycles. The molecule has 0 atom stereocenters. The van der Waals surface area contributed by atoms with E-state index < -0.39 is 0 Å². The number of furan rings is 1. The first-order valence-corrected chi connectivity index (χ1v) is 11.4. The summed E-state index contributed by atoms with van der Waals surface area (Å²) in [6.07, 6.45) is 1.86. The van der Waals surface area contributed by atoms with Crippen molar-refractivity contribution in [3.8, 4) is 5.75 Å². The summed E-state index contributed by atoms with van der Waals surface area (Å²) >= 11 is 0. The number of amides is 2. The van der Waals surface area contributed by atoms with Crippen LogP contribution in [0.3, 0.4) is 0 Å². The number of likely N-dealkylation sites (N-methyl/N-ethyl adjacent to an activating group) is 1. The molecule has 0 N–H and O–H groups in total. The van der Waals surface area contributed by atoms with Gasteiger partial charge < -0.3 is 19.0 Å². The second kappa shape index (κ2) is 11.2.